The minimum absolute atomic E-state index is 0.255. The van der Waals surface area contributed by atoms with Crippen LogP contribution in [0.15, 0.2) is 48.5 Å². The van der Waals surface area contributed by atoms with E-state index in [1.165, 1.54) is 0 Å². The molecular weight excluding hydrogens is 295 g/mol. The van der Waals surface area contributed by atoms with Crippen molar-refractivity contribution in [2.24, 2.45) is 0 Å². The summed E-state index contributed by atoms with van der Waals surface area (Å²) in [7, 11) is 0. The van der Waals surface area contributed by atoms with Crippen molar-refractivity contribution in [3.05, 3.63) is 64.1 Å². The van der Waals surface area contributed by atoms with Crippen molar-refractivity contribution in [1.82, 2.24) is 5.32 Å². The third-order valence-corrected chi connectivity index (χ3v) is 3.14. The Bertz CT molecular complexity index is 602. The zero-order valence-corrected chi connectivity index (χ0v) is 12.2. The van der Waals surface area contributed by atoms with Crippen molar-refractivity contribution < 1.29 is 4.79 Å². The summed E-state index contributed by atoms with van der Waals surface area (Å²) in [5.74, 6) is 0. The largest absolute Gasteiger partial charge is 0.338 e. The van der Waals surface area contributed by atoms with Gasteiger partial charge < -0.3 is 10.6 Å². The van der Waals surface area contributed by atoms with Crippen LogP contribution in [-0.4, -0.2) is 12.6 Å². The molecule has 104 valence electrons. The van der Waals surface area contributed by atoms with Crippen LogP contribution in [0.3, 0.4) is 0 Å². The molecule has 0 heterocycles. The minimum atomic E-state index is -0.255. The number of halogens is 2. The molecule has 2 N–H and O–H groups in total. The predicted octanol–water partition coefficient (Wildman–Crippen LogP) is 4.36. The maximum absolute atomic E-state index is 11.7. The summed E-state index contributed by atoms with van der Waals surface area (Å²) < 4.78 is 0. The molecule has 0 aliphatic heterocycles. The van der Waals surface area contributed by atoms with Gasteiger partial charge in [0.05, 0.1) is 0 Å². The lowest BCUT2D eigenvalue weighted by atomic mass is 10.1. The Kier molecular flexibility index (Phi) is 5.27. The van der Waals surface area contributed by atoms with E-state index in [1.807, 2.05) is 24.3 Å². The number of carbonyl (C=O) groups is 1. The molecule has 0 radical (unpaired) electrons. The van der Waals surface area contributed by atoms with Crippen LogP contribution in [-0.2, 0) is 6.42 Å². The highest BCUT2D eigenvalue weighted by Crippen LogP contribution is 2.14. The summed E-state index contributed by atoms with van der Waals surface area (Å²) in [5.41, 5.74) is 1.75. The SMILES string of the molecule is O=C(NCCc1cccc(Cl)c1)Nc1cccc(Cl)c1. The van der Waals surface area contributed by atoms with E-state index in [0.29, 0.717) is 22.3 Å². The highest BCUT2D eigenvalue weighted by molar-refractivity contribution is 6.31. The van der Waals surface area contributed by atoms with Crippen LogP contribution in [0.2, 0.25) is 10.0 Å². The van der Waals surface area contributed by atoms with Crippen LogP contribution < -0.4 is 10.6 Å². The van der Waals surface area contributed by atoms with Gasteiger partial charge in [0.2, 0.25) is 0 Å². The van der Waals surface area contributed by atoms with Crippen LogP contribution in [0.4, 0.5) is 10.5 Å². The molecule has 0 bridgehead atoms. The predicted molar refractivity (Wildman–Crippen MR) is 83.6 cm³/mol. The zero-order chi connectivity index (χ0) is 14.4. The molecule has 2 amide bonds. The van der Waals surface area contributed by atoms with Gasteiger partial charge in [-0.25, -0.2) is 4.79 Å². The van der Waals surface area contributed by atoms with E-state index in [2.05, 4.69) is 10.6 Å². The van der Waals surface area contributed by atoms with Crippen molar-refractivity contribution in [3.8, 4) is 0 Å². The number of hydrogen-bond acceptors (Lipinski definition) is 1. The number of hydrogen-bond donors (Lipinski definition) is 2. The van der Waals surface area contributed by atoms with Gasteiger partial charge in [-0.1, -0.05) is 41.4 Å². The Morgan fingerprint density at radius 3 is 2.40 bits per heavy atom. The maximum Gasteiger partial charge on any atom is 0.319 e. The molecule has 0 spiro atoms. The van der Waals surface area contributed by atoms with Crippen molar-refractivity contribution in [1.29, 1.82) is 0 Å². The first-order valence-corrected chi connectivity index (χ1v) is 6.94. The number of carbonyl (C=O) groups excluding carboxylic acids is 1. The average molecular weight is 309 g/mol. The summed E-state index contributed by atoms with van der Waals surface area (Å²) >= 11 is 11.7. The van der Waals surface area contributed by atoms with Gasteiger partial charge in [-0.05, 0) is 42.3 Å². The molecule has 0 atom stereocenters. The Morgan fingerprint density at radius 1 is 1.00 bits per heavy atom. The van der Waals surface area contributed by atoms with E-state index in [-0.39, 0.29) is 6.03 Å². The van der Waals surface area contributed by atoms with Crippen LogP contribution in [0, 0.1) is 0 Å². The van der Waals surface area contributed by atoms with Gasteiger partial charge in [0.15, 0.2) is 0 Å². The third-order valence-electron chi connectivity index (χ3n) is 2.67. The lowest BCUT2D eigenvalue weighted by Crippen LogP contribution is -2.30. The topological polar surface area (TPSA) is 41.1 Å². The molecule has 0 fully saturated rings. The summed E-state index contributed by atoms with van der Waals surface area (Å²) in [6.45, 7) is 0.534. The second-order valence-corrected chi connectivity index (χ2v) is 5.14. The first kappa shape index (κ1) is 14.7. The number of urea groups is 1. The van der Waals surface area contributed by atoms with Crippen LogP contribution in [0.5, 0.6) is 0 Å². The fraction of sp³-hybridized carbons (Fsp3) is 0.133. The van der Waals surface area contributed by atoms with Crippen molar-refractivity contribution in [3.63, 3.8) is 0 Å². The molecule has 3 nitrogen and oxygen atoms in total. The Hall–Kier alpha value is -1.71. The molecule has 2 aromatic rings. The first-order valence-electron chi connectivity index (χ1n) is 6.18. The molecule has 0 saturated heterocycles. The molecular formula is C15H14Cl2N2O. The van der Waals surface area contributed by atoms with E-state index in [0.717, 1.165) is 12.0 Å². The van der Waals surface area contributed by atoms with Gasteiger partial charge in [0, 0.05) is 22.3 Å². The lowest BCUT2D eigenvalue weighted by Gasteiger charge is -2.08. The van der Waals surface area contributed by atoms with E-state index in [4.69, 9.17) is 23.2 Å². The van der Waals surface area contributed by atoms with Crippen LogP contribution in [0.25, 0.3) is 0 Å². The van der Waals surface area contributed by atoms with Gasteiger partial charge in [-0.2, -0.15) is 0 Å². The van der Waals surface area contributed by atoms with Crippen LogP contribution in [0.1, 0.15) is 5.56 Å². The summed E-state index contributed by atoms with van der Waals surface area (Å²) in [6, 6.07) is 14.3. The Morgan fingerprint density at radius 2 is 1.70 bits per heavy atom. The van der Waals surface area contributed by atoms with Crippen LogP contribution >= 0.6 is 23.2 Å². The average Bonchev–Trinajstić information content (AvgIpc) is 2.38. The van der Waals surface area contributed by atoms with E-state index >= 15 is 0 Å². The first-order chi connectivity index (χ1) is 9.63. The number of anilines is 1. The standard InChI is InChI=1S/C15H14Cl2N2O/c16-12-4-1-3-11(9-12)7-8-18-15(20)19-14-6-2-5-13(17)10-14/h1-6,9-10H,7-8H2,(H2,18,19,20). The van der Waals surface area contributed by atoms with Gasteiger partial charge >= 0.3 is 6.03 Å². The van der Waals surface area contributed by atoms with E-state index in [9.17, 15) is 4.79 Å². The Balaban J connectivity index is 1.78. The highest BCUT2D eigenvalue weighted by Gasteiger charge is 2.02. The number of benzene rings is 2. The van der Waals surface area contributed by atoms with Gasteiger partial charge in [-0.3, -0.25) is 0 Å². The zero-order valence-electron chi connectivity index (χ0n) is 10.7. The highest BCUT2D eigenvalue weighted by atomic mass is 35.5. The number of nitrogens with one attached hydrogen (secondary N) is 2. The third kappa shape index (κ3) is 4.76. The fourth-order valence-corrected chi connectivity index (χ4v) is 2.16. The maximum atomic E-state index is 11.7. The second-order valence-electron chi connectivity index (χ2n) is 4.27. The molecule has 0 aromatic heterocycles. The van der Waals surface area contributed by atoms with E-state index < -0.39 is 0 Å². The minimum Gasteiger partial charge on any atom is -0.338 e. The van der Waals surface area contributed by atoms with Crippen molar-refractivity contribution in [2.75, 3.05) is 11.9 Å². The van der Waals surface area contributed by atoms with Crippen molar-refractivity contribution >= 4 is 34.9 Å². The lowest BCUT2D eigenvalue weighted by molar-refractivity contribution is 0.252. The Labute approximate surface area is 127 Å². The summed E-state index contributed by atoms with van der Waals surface area (Å²) in [6.07, 6.45) is 0.726. The smallest absolute Gasteiger partial charge is 0.319 e. The van der Waals surface area contributed by atoms with Gasteiger partial charge in [-0.15, -0.1) is 0 Å². The number of rotatable bonds is 4. The summed E-state index contributed by atoms with van der Waals surface area (Å²) in [5, 5.41) is 6.79. The molecule has 0 aliphatic carbocycles. The van der Waals surface area contributed by atoms with Gasteiger partial charge in [0.25, 0.3) is 0 Å². The number of amides is 2. The fourth-order valence-electron chi connectivity index (χ4n) is 1.75. The second kappa shape index (κ2) is 7.17. The van der Waals surface area contributed by atoms with Gasteiger partial charge in [0.1, 0.15) is 0 Å². The van der Waals surface area contributed by atoms with Crippen molar-refractivity contribution in [2.45, 2.75) is 6.42 Å². The molecule has 0 unspecified atom stereocenters. The molecule has 0 aliphatic rings. The van der Waals surface area contributed by atoms with E-state index in [1.54, 1.807) is 24.3 Å². The molecule has 2 aromatic carbocycles. The molecule has 2 rings (SSSR count). The molecule has 5 heteroatoms. The summed E-state index contributed by atoms with van der Waals surface area (Å²) in [4.78, 5) is 11.7. The molecule has 0 saturated carbocycles. The molecule has 20 heavy (non-hydrogen) atoms. The monoisotopic (exact) mass is 308 g/mol. The normalized spacial score (nSPS) is 10.1. The quantitative estimate of drug-likeness (QED) is 0.866.